The molecule has 7 heteroatoms. The number of nitrogens with one attached hydrogen (secondary N) is 1. The third-order valence-electron chi connectivity index (χ3n) is 6.82. The molecule has 0 aromatic heterocycles. The maximum Gasteiger partial charge on any atom is 0.236 e. The summed E-state index contributed by atoms with van der Waals surface area (Å²) in [5.74, 6) is 0.901. The molecule has 4 rings (SSSR count). The third-order valence-corrected chi connectivity index (χ3v) is 6.82. The van der Waals surface area contributed by atoms with E-state index in [-0.39, 0.29) is 42.1 Å². The molecule has 192 valence electrons. The minimum Gasteiger partial charge on any atom is -0.489 e. The van der Waals surface area contributed by atoms with Gasteiger partial charge in [-0.25, -0.2) is 4.39 Å². The van der Waals surface area contributed by atoms with Crippen molar-refractivity contribution >= 4 is 11.8 Å². The van der Waals surface area contributed by atoms with Crippen LogP contribution in [0.25, 0.3) is 0 Å². The van der Waals surface area contributed by atoms with Gasteiger partial charge < -0.3 is 15.0 Å². The standard InChI is InChI=1S/C29H36FN3O3/c1-21(2)31-28(34)16-23-13-14-33-19-24(23)7-5-15-36-27-8-4-3-6-25(27)18-32(20-29(33)35)17-22-9-11-26(30)12-10-22/h3-12,21,23-24H,13-20H2,1-2H3,(H,31,34)/t23-,24-/m0/s1. The van der Waals surface area contributed by atoms with Gasteiger partial charge in [-0.05, 0) is 55.9 Å². The van der Waals surface area contributed by atoms with Crippen LogP contribution in [-0.4, -0.2) is 53.9 Å². The molecule has 2 aromatic rings. The lowest BCUT2D eigenvalue weighted by molar-refractivity contribution is -0.135. The molecule has 36 heavy (non-hydrogen) atoms. The number of benzene rings is 2. The Morgan fingerprint density at radius 3 is 2.69 bits per heavy atom. The van der Waals surface area contributed by atoms with E-state index in [9.17, 15) is 14.0 Å². The van der Waals surface area contributed by atoms with Crippen molar-refractivity contribution < 1.29 is 18.7 Å². The topological polar surface area (TPSA) is 61.9 Å². The average Bonchev–Trinajstić information content (AvgIpc) is 2.84. The zero-order valence-electron chi connectivity index (χ0n) is 21.2. The second-order valence-electron chi connectivity index (χ2n) is 10.1. The number of carbonyl (C=O) groups is 2. The van der Waals surface area contributed by atoms with E-state index >= 15 is 0 Å². The monoisotopic (exact) mass is 493 g/mol. The Hall–Kier alpha value is -3.19. The number of ether oxygens (including phenoxy) is 1. The van der Waals surface area contributed by atoms with Gasteiger partial charge in [0.25, 0.3) is 0 Å². The van der Waals surface area contributed by atoms with Crippen molar-refractivity contribution in [3.63, 3.8) is 0 Å². The summed E-state index contributed by atoms with van der Waals surface area (Å²) in [4.78, 5) is 29.9. The van der Waals surface area contributed by atoms with Gasteiger partial charge in [-0.2, -0.15) is 0 Å². The molecule has 2 aliphatic rings. The van der Waals surface area contributed by atoms with Gasteiger partial charge in [0.1, 0.15) is 18.2 Å². The molecule has 0 radical (unpaired) electrons. The molecule has 0 spiro atoms. The molecule has 0 saturated carbocycles. The van der Waals surface area contributed by atoms with Crippen molar-refractivity contribution in [1.29, 1.82) is 0 Å². The molecular formula is C29H36FN3O3. The number of hydrogen-bond acceptors (Lipinski definition) is 4. The Bertz CT molecular complexity index is 1070. The summed E-state index contributed by atoms with van der Waals surface area (Å²) in [6.45, 7) is 6.89. The predicted octanol–water partition coefficient (Wildman–Crippen LogP) is 4.16. The van der Waals surface area contributed by atoms with Crippen LogP contribution in [-0.2, 0) is 22.7 Å². The smallest absolute Gasteiger partial charge is 0.236 e. The molecule has 2 bridgehead atoms. The number of carbonyl (C=O) groups excluding carboxylic acids is 2. The van der Waals surface area contributed by atoms with Gasteiger partial charge >= 0.3 is 0 Å². The van der Waals surface area contributed by atoms with Gasteiger partial charge in [-0.1, -0.05) is 42.5 Å². The first-order chi connectivity index (χ1) is 17.4. The van der Waals surface area contributed by atoms with E-state index in [2.05, 4.69) is 16.3 Å². The maximum absolute atomic E-state index is 13.5. The number of piperidine rings is 1. The number of rotatable bonds is 5. The van der Waals surface area contributed by atoms with Gasteiger partial charge in [0, 0.05) is 44.2 Å². The van der Waals surface area contributed by atoms with Crippen LogP contribution in [0.4, 0.5) is 4.39 Å². The highest BCUT2D eigenvalue weighted by Gasteiger charge is 2.32. The molecule has 6 nitrogen and oxygen atoms in total. The summed E-state index contributed by atoms with van der Waals surface area (Å²) in [6, 6.07) is 14.4. The number of hydrogen-bond donors (Lipinski definition) is 1. The number of para-hydroxylation sites is 1. The molecule has 0 unspecified atom stereocenters. The average molecular weight is 494 g/mol. The highest BCUT2D eigenvalue weighted by molar-refractivity contribution is 5.79. The largest absolute Gasteiger partial charge is 0.489 e. The molecule has 2 amide bonds. The van der Waals surface area contributed by atoms with E-state index in [0.29, 0.717) is 39.2 Å². The Morgan fingerprint density at radius 1 is 1.14 bits per heavy atom. The van der Waals surface area contributed by atoms with E-state index in [1.165, 1.54) is 12.1 Å². The minimum atomic E-state index is -0.276. The number of fused-ring (bicyclic) bond motifs is 3. The number of nitrogens with zero attached hydrogens (tertiary/aromatic N) is 2. The SMILES string of the molecule is CC(C)NC(=O)C[C@@H]1CCN2C[C@@H]1C=CCOc1ccccc1CN(Cc1ccc(F)cc1)CC2=O. The zero-order chi connectivity index (χ0) is 25.5. The van der Waals surface area contributed by atoms with E-state index < -0.39 is 0 Å². The van der Waals surface area contributed by atoms with Crippen molar-refractivity contribution in [2.45, 2.75) is 45.8 Å². The van der Waals surface area contributed by atoms with Crippen LogP contribution in [0.5, 0.6) is 5.75 Å². The molecule has 1 N–H and O–H groups in total. The first-order valence-electron chi connectivity index (χ1n) is 12.8. The van der Waals surface area contributed by atoms with Gasteiger partial charge in [-0.3, -0.25) is 14.5 Å². The van der Waals surface area contributed by atoms with E-state index in [1.807, 2.05) is 49.1 Å². The Morgan fingerprint density at radius 2 is 1.92 bits per heavy atom. The highest BCUT2D eigenvalue weighted by atomic mass is 19.1. The summed E-state index contributed by atoms with van der Waals surface area (Å²) in [7, 11) is 0. The van der Waals surface area contributed by atoms with Crippen LogP contribution in [0, 0.1) is 17.7 Å². The molecular weight excluding hydrogens is 457 g/mol. The van der Waals surface area contributed by atoms with Crippen molar-refractivity contribution in [2.24, 2.45) is 11.8 Å². The zero-order valence-corrected chi connectivity index (χ0v) is 21.2. The first kappa shape index (κ1) is 25.9. The van der Waals surface area contributed by atoms with Gasteiger partial charge in [0.2, 0.25) is 11.8 Å². The van der Waals surface area contributed by atoms with E-state index in [4.69, 9.17) is 4.74 Å². The van der Waals surface area contributed by atoms with Crippen molar-refractivity contribution in [3.05, 3.63) is 77.6 Å². The molecule has 2 aliphatic heterocycles. The maximum atomic E-state index is 13.5. The fourth-order valence-electron chi connectivity index (χ4n) is 5.04. The predicted molar refractivity (Wildman–Crippen MR) is 138 cm³/mol. The summed E-state index contributed by atoms with van der Waals surface area (Å²) in [5.41, 5.74) is 1.95. The lowest BCUT2D eigenvalue weighted by Crippen LogP contribution is -2.48. The molecule has 1 saturated heterocycles. The van der Waals surface area contributed by atoms with Gasteiger partial charge in [0.15, 0.2) is 0 Å². The van der Waals surface area contributed by atoms with E-state index in [0.717, 1.165) is 23.3 Å². The minimum absolute atomic E-state index is 0.0572. The van der Waals surface area contributed by atoms with Crippen molar-refractivity contribution in [1.82, 2.24) is 15.1 Å². The number of halogens is 1. The van der Waals surface area contributed by atoms with Gasteiger partial charge in [-0.15, -0.1) is 0 Å². The lowest BCUT2D eigenvalue weighted by atomic mass is 9.82. The quantitative estimate of drug-likeness (QED) is 0.636. The van der Waals surface area contributed by atoms with Gasteiger partial charge in [0.05, 0.1) is 6.54 Å². The molecule has 1 fully saturated rings. The van der Waals surface area contributed by atoms with E-state index in [1.54, 1.807) is 12.1 Å². The summed E-state index contributed by atoms with van der Waals surface area (Å²) >= 11 is 0. The van der Waals surface area contributed by atoms with Crippen LogP contribution in [0.15, 0.2) is 60.7 Å². The molecule has 2 aromatic carbocycles. The van der Waals surface area contributed by atoms with Crippen LogP contribution < -0.4 is 10.1 Å². The normalized spacial score (nSPS) is 21.1. The van der Waals surface area contributed by atoms with Crippen molar-refractivity contribution in [3.8, 4) is 5.75 Å². The molecule has 2 heterocycles. The summed E-state index contributed by atoms with van der Waals surface area (Å²) in [5, 5.41) is 2.99. The second-order valence-corrected chi connectivity index (χ2v) is 10.1. The summed E-state index contributed by atoms with van der Waals surface area (Å²) in [6.07, 6.45) is 5.36. The Labute approximate surface area is 213 Å². The third kappa shape index (κ3) is 7.17. The van der Waals surface area contributed by atoms with Crippen LogP contribution in [0.3, 0.4) is 0 Å². The van der Waals surface area contributed by atoms with Crippen LogP contribution in [0.2, 0.25) is 0 Å². The second kappa shape index (κ2) is 12.2. The Balaban J connectivity index is 1.56. The highest BCUT2D eigenvalue weighted by Crippen LogP contribution is 2.29. The van der Waals surface area contributed by atoms with Crippen LogP contribution >= 0.6 is 0 Å². The first-order valence-corrected chi connectivity index (χ1v) is 12.8. The molecule has 0 aliphatic carbocycles. The van der Waals surface area contributed by atoms with Crippen LogP contribution in [0.1, 0.15) is 37.8 Å². The Kier molecular flexibility index (Phi) is 8.75. The lowest BCUT2D eigenvalue weighted by Gasteiger charge is -2.38. The summed E-state index contributed by atoms with van der Waals surface area (Å²) < 4.78 is 19.6. The fraction of sp³-hybridized carbons (Fsp3) is 0.448. The number of amides is 2. The molecule has 2 atom stereocenters. The van der Waals surface area contributed by atoms with Crippen molar-refractivity contribution in [2.75, 3.05) is 26.2 Å². The fourth-order valence-corrected chi connectivity index (χ4v) is 5.04.